The Bertz CT molecular complexity index is 1270. The van der Waals surface area contributed by atoms with Crippen molar-refractivity contribution in [3.8, 4) is 0 Å². The summed E-state index contributed by atoms with van der Waals surface area (Å²) < 4.78 is 11.1. The first-order valence-corrected chi connectivity index (χ1v) is 20.5. The number of benzene rings is 2. The molecule has 0 fully saturated rings. The van der Waals surface area contributed by atoms with Crippen molar-refractivity contribution in [1.82, 2.24) is 15.5 Å². The Morgan fingerprint density at radius 2 is 1.33 bits per heavy atom. The molecule has 12 heteroatoms. The molecular formula is C36H58N4O7Si. The number of nitrogens with two attached hydrogens (primary N) is 1. The number of carbonyl (C=O) groups excluding carboxylic acids is 3. The SMILES string of the molecule is CC(C)[C@H](N[C@@H](Cc1ccccc1)C(O)CN(CC(O)[C@H](Cc1ccccc1)NC(=O)OC(C)(C)C)C(=O)OCC[Si](C)(C)C)C(N)=O. The summed E-state index contributed by atoms with van der Waals surface area (Å²) in [6, 6.07) is 17.3. The van der Waals surface area contributed by atoms with Gasteiger partial charge in [0.25, 0.3) is 0 Å². The van der Waals surface area contributed by atoms with Crippen LogP contribution in [0.5, 0.6) is 0 Å². The molecule has 5 atom stereocenters. The molecule has 48 heavy (non-hydrogen) atoms. The maximum Gasteiger partial charge on any atom is 0.409 e. The van der Waals surface area contributed by atoms with Crippen molar-refractivity contribution in [3.05, 3.63) is 71.8 Å². The maximum absolute atomic E-state index is 13.6. The highest BCUT2D eigenvalue weighted by Crippen LogP contribution is 2.16. The van der Waals surface area contributed by atoms with Crippen molar-refractivity contribution < 1.29 is 34.1 Å². The zero-order valence-electron chi connectivity index (χ0n) is 29.9. The number of aliphatic hydroxyl groups excluding tert-OH is 2. The van der Waals surface area contributed by atoms with E-state index in [1.54, 1.807) is 20.8 Å². The highest BCUT2D eigenvalue weighted by Gasteiger charge is 2.33. The second kappa shape index (κ2) is 18.9. The summed E-state index contributed by atoms with van der Waals surface area (Å²) in [5, 5.41) is 29.3. The fraction of sp³-hybridized carbons (Fsp3) is 0.583. The molecule has 0 aliphatic rings. The van der Waals surface area contributed by atoms with Crippen molar-refractivity contribution in [3.63, 3.8) is 0 Å². The summed E-state index contributed by atoms with van der Waals surface area (Å²) in [6.45, 7) is 15.2. The number of hydrogen-bond donors (Lipinski definition) is 5. The molecule has 0 radical (unpaired) electrons. The molecule has 0 saturated carbocycles. The van der Waals surface area contributed by atoms with E-state index >= 15 is 0 Å². The fourth-order valence-corrected chi connectivity index (χ4v) is 5.80. The summed E-state index contributed by atoms with van der Waals surface area (Å²) in [4.78, 5) is 40.1. The lowest BCUT2D eigenvalue weighted by Crippen LogP contribution is -2.57. The quantitative estimate of drug-likeness (QED) is 0.145. The molecule has 2 unspecified atom stereocenters. The predicted molar refractivity (Wildman–Crippen MR) is 191 cm³/mol. The fourth-order valence-electron chi connectivity index (χ4n) is 5.08. The van der Waals surface area contributed by atoms with Crippen LogP contribution < -0.4 is 16.4 Å². The molecule has 2 rings (SSSR count). The molecule has 0 bridgehead atoms. The third-order valence-corrected chi connectivity index (χ3v) is 9.45. The number of carbonyl (C=O) groups is 3. The van der Waals surface area contributed by atoms with E-state index in [0.717, 1.165) is 17.2 Å². The highest BCUT2D eigenvalue weighted by molar-refractivity contribution is 6.76. The van der Waals surface area contributed by atoms with Crippen molar-refractivity contribution in [1.29, 1.82) is 0 Å². The second-order valence-electron chi connectivity index (χ2n) is 15.0. The molecule has 2 aromatic rings. The standard InChI is InChI=1S/C36H58N4O7Si/c1-25(2)32(33(37)43)38-28(21-26-15-11-9-12-16-26)30(41)23-40(35(45)46-19-20-48(6,7)8)24-31(42)29(22-27-17-13-10-14-18-27)39-34(44)47-36(3,4)5/h9-18,25,28-32,38,41-42H,19-24H2,1-8H3,(H2,37,43)(H,39,44)/t28-,29-,30?,31?,32-/m0/s1. The van der Waals surface area contributed by atoms with Crippen LogP contribution in [0.25, 0.3) is 0 Å². The molecule has 0 saturated heterocycles. The topological polar surface area (TPSA) is 163 Å². The van der Waals surface area contributed by atoms with Gasteiger partial charge in [-0.05, 0) is 56.7 Å². The zero-order valence-corrected chi connectivity index (χ0v) is 30.9. The highest BCUT2D eigenvalue weighted by atomic mass is 28.3. The van der Waals surface area contributed by atoms with E-state index in [0.29, 0.717) is 6.42 Å². The van der Waals surface area contributed by atoms with Crippen LogP contribution in [0.4, 0.5) is 9.59 Å². The minimum Gasteiger partial charge on any atom is -0.450 e. The van der Waals surface area contributed by atoms with Crippen molar-refractivity contribution in [2.45, 2.75) is 109 Å². The van der Waals surface area contributed by atoms with Crippen LogP contribution >= 0.6 is 0 Å². The average molecular weight is 687 g/mol. The first kappa shape index (κ1) is 40.7. The number of hydrogen-bond acceptors (Lipinski definition) is 8. The lowest BCUT2D eigenvalue weighted by Gasteiger charge is -2.35. The number of aliphatic hydroxyl groups is 2. The first-order chi connectivity index (χ1) is 22.3. The summed E-state index contributed by atoms with van der Waals surface area (Å²) in [6.07, 6.45) is -3.25. The van der Waals surface area contributed by atoms with Gasteiger partial charge in [0.05, 0.1) is 44.0 Å². The van der Waals surface area contributed by atoms with E-state index in [-0.39, 0.29) is 32.0 Å². The van der Waals surface area contributed by atoms with E-state index < -0.39 is 62.1 Å². The van der Waals surface area contributed by atoms with Crippen molar-refractivity contribution in [2.75, 3.05) is 19.7 Å². The van der Waals surface area contributed by atoms with Gasteiger partial charge in [0.1, 0.15) is 5.60 Å². The van der Waals surface area contributed by atoms with Gasteiger partial charge in [0, 0.05) is 14.1 Å². The number of alkyl carbamates (subject to hydrolysis) is 1. The minimum atomic E-state index is -1.53. The van der Waals surface area contributed by atoms with Crippen LogP contribution in [-0.2, 0) is 27.1 Å². The number of ether oxygens (including phenoxy) is 2. The van der Waals surface area contributed by atoms with E-state index in [2.05, 4.69) is 30.3 Å². The third-order valence-electron chi connectivity index (χ3n) is 7.75. The predicted octanol–water partition coefficient (Wildman–Crippen LogP) is 4.33. The zero-order chi connectivity index (χ0) is 36.1. The molecule has 0 aliphatic heterocycles. The van der Waals surface area contributed by atoms with E-state index in [1.807, 2.05) is 74.5 Å². The minimum absolute atomic E-state index is 0.157. The van der Waals surface area contributed by atoms with Gasteiger partial charge in [-0.25, -0.2) is 9.59 Å². The monoisotopic (exact) mass is 686 g/mol. The van der Waals surface area contributed by atoms with Crippen LogP contribution in [0.3, 0.4) is 0 Å². The van der Waals surface area contributed by atoms with Crippen LogP contribution in [0.15, 0.2) is 60.7 Å². The summed E-state index contributed by atoms with van der Waals surface area (Å²) >= 11 is 0. The number of nitrogens with zero attached hydrogens (tertiary/aromatic N) is 1. The Hall–Kier alpha value is -3.45. The Kier molecular flexibility index (Phi) is 16.1. The molecular weight excluding hydrogens is 629 g/mol. The van der Waals surface area contributed by atoms with Crippen molar-refractivity contribution >= 4 is 26.2 Å². The third kappa shape index (κ3) is 15.6. The lowest BCUT2D eigenvalue weighted by atomic mass is 9.96. The van der Waals surface area contributed by atoms with Crippen molar-refractivity contribution in [2.24, 2.45) is 11.7 Å². The van der Waals surface area contributed by atoms with Gasteiger partial charge in [-0.15, -0.1) is 0 Å². The Balaban J connectivity index is 2.40. The number of primary amides is 1. The van der Waals surface area contributed by atoms with Crippen LogP contribution in [0, 0.1) is 5.92 Å². The molecule has 11 nitrogen and oxygen atoms in total. The molecule has 0 heterocycles. The van der Waals surface area contributed by atoms with Gasteiger partial charge < -0.3 is 35.6 Å². The average Bonchev–Trinajstić information content (AvgIpc) is 2.97. The van der Waals surface area contributed by atoms with Gasteiger partial charge in [-0.1, -0.05) is 94.2 Å². The van der Waals surface area contributed by atoms with E-state index in [4.69, 9.17) is 15.2 Å². The van der Waals surface area contributed by atoms with Gasteiger partial charge >= 0.3 is 12.2 Å². The number of rotatable bonds is 18. The number of nitrogens with one attached hydrogen (secondary N) is 2. The summed E-state index contributed by atoms with van der Waals surface area (Å²) in [5.74, 6) is -0.708. The number of amides is 3. The molecule has 268 valence electrons. The van der Waals surface area contributed by atoms with Gasteiger partial charge in [-0.2, -0.15) is 0 Å². The Morgan fingerprint density at radius 3 is 1.77 bits per heavy atom. The molecule has 2 aromatic carbocycles. The molecule has 6 N–H and O–H groups in total. The lowest BCUT2D eigenvalue weighted by molar-refractivity contribution is -0.121. The molecule has 0 aliphatic carbocycles. The molecule has 0 spiro atoms. The van der Waals surface area contributed by atoms with Gasteiger partial charge in [0.2, 0.25) is 5.91 Å². The van der Waals surface area contributed by atoms with E-state index in [9.17, 15) is 24.6 Å². The normalized spacial score (nSPS) is 15.1. The van der Waals surface area contributed by atoms with Crippen LogP contribution in [-0.4, -0.2) is 96.9 Å². The molecule has 3 amide bonds. The second-order valence-corrected chi connectivity index (χ2v) is 20.6. The van der Waals surface area contributed by atoms with Crippen LogP contribution in [0.2, 0.25) is 25.7 Å². The Morgan fingerprint density at radius 1 is 0.854 bits per heavy atom. The summed E-state index contributed by atoms with van der Waals surface area (Å²) in [5.41, 5.74) is 6.73. The first-order valence-electron chi connectivity index (χ1n) is 16.7. The largest absolute Gasteiger partial charge is 0.450 e. The molecule has 0 aromatic heterocycles. The van der Waals surface area contributed by atoms with E-state index in [1.165, 1.54) is 4.90 Å². The van der Waals surface area contributed by atoms with Gasteiger partial charge in [-0.3, -0.25) is 10.1 Å². The Labute approximate surface area is 287 Å². The van der Waals surface area contributed by atoms with Crippen LogP contribution in [0.1, 0.15) is 45.7 Å². The van der Waals surface area contributed by atoms with Gasteiger partial charge in [0.15, 0.2) is 0 Å². The maximum atomic E-state index is 13.6. The smallest absolute Gasteiger partial charge is 0.409 e. The summed E-state index contributed by atoms with van der Waals surface area (Å²) in [7, 11) is -1.53.